The highest BCUT2D eigenvalue weighted by atomic mass is 79.9. The van der Waals surface area contributed by atoms with Gasteiger partial charge in [0.25, 0.3) is 0 Å². The Hall–Kier alpha value is -1.54. The fraction of sp³-hybridized carbons (Fsp3) is 0.222. The molecule has 2 aromatic rings. The van der Waals surface area contributed by atoms with E-state index in [1.807, 2.05) is 18.2 Å². The molecule has 1 nitrogen and oxygen atoms in total. The van der Waals surface area contributed by atoms with Gasteiger partial charge >= 0.3 is 0 Å². The minimum absolute atomic E-state index is 0.286. The number of benzene rings is 2. The van der Waals surface area contributed by atoms with E-state index in [9.17, 15) is 0 Å². The lowest BCUT2D eigenvalue weighted by atomic mass is 9.84. The van der Waals surface area contributed by atoms with Crippen molar-refractivity contribution in [1.29, 1.82) is 0 Å². The van der Waals surface area contributed by atoms with Gasteiger partial charge in [-0.1, -0.05) is 46.3 Å². The van der Waals surface area contributed by atoms with Crippen LogP contribution in [0.4, 0.5) is 0 Å². The van der Waals surface area contributed by atoms with E-state index in [0.29, 0.717) is 0 Å². The van der Waals surface area contributed by atoms with Gasteiger partial charge < -0.3 is 4.74 Å². The van der Waals surface area contributed by atoms with E-state index in [0.717, 1.165) is 15.8 Å². The number of hydrogen-bond donors (Lipinski definition) is 0. The highest BCUT2D eigenvalue weighted by Gasteiger charge is 2.32. The lowest BCUT2D eigenvalue weighted by Crippen LogP contribution is -2.33. The Morgan fingerprint density at radius 2 is 1.70 bits per heavy atom. The van der Waals surface area contributed by atoms with Gasteiger partial charge in [-0.2, -0.15) is 0 Å². The minimum atomic E-state index is -0.286. The largest absolute Gasteiger partial charge is 0.483 e. The Morgan fingerprint density at radius 3 is 2.40 bits per heavy atom. The van der Waals surface area contributed by atoms with E-state index < -0.39 is 0 Å². The molecule has 2 aromatic carbocycles. The lowest BCUT2D eigenvalue weighted by molar-refractivity contribution is 0.144. The zero-order valence-electron chi connectivity index (χ0n) is 11.9. The maximum Gasteiger partial charge on any atom is 0.128 e. The summed E-state index contributed by atoms with van der Waals surface area (Å²) in [5, 5.41) is 0. The van der Waals surface area contributed by atoms with Gasteiger partial charge in [0.05, 0.1) is 0 Å². The van der Waals surface area contributed by atoms with Crippen molar-refractivity contribution >= 4 is 21.5 Å². The Morgan fingerprint density at radius 1 is 1.00 bits per heavy atom. The summed E-state index contributed by atoms with van der Waals surface area (Å²) >= 11 is 3.56. The summed E-state index contributed by atoms with van der Waals surface area (Å²) in [6, 6.07) is 16.7. The summed E-state index contributed by atoms with van der Waals surface area (Å²) in [4.78, 5) is 0. The van der Waals surface area contributed by atoms with Crippen LogP contribution in [0.3, 0.4) is 0 Å². The van der Waals surface area contributed by atoms with Crippen molar-refractivity contribution in [1.82, 2.24) is 0 Å². The van der Waals surface area contributed by atoms with Crippen LogP contribution in [-0.2, 0) is 0 Å². The van der Waals surface area contributed by atoms with E-state index in [2.05, 4.69) is 67.0 Å². The van der Waals surface area contributed by atoms with Gasteiger partial charge in [-0.05, 0) is 55.7 Å². The van der Waals surface area contributed by atoms with Crippen LogP contribution in [-0.4, -0.2) is 5.60 Å². The molecule has 0 unspecified atom stereocenters. The molecule has 102 valence electrons. The second kappa shape index (κ2) is 4.78. The summed E-state index contributed by atoms with van der Waals surface area (Å²) in [6.45, 7) is 6.40. The summed E-state index contributed by atoms with van der Waals surface area (Å²) in [7, 11) is 0. The first-order chi connectivity index (χ1) is 9.49. The lowest BCUT2D eigenvalue weighted by Gasteiger charge is -2.36. The van der Waals surface area contributed by atoms with Crippen molar-refractivity contribution in [2.24, 2.45) is 0 Å². The van der Waals surface area contributed by atoms with Crippen LogP contribution >= 0.6 is 15.9 Å². The van der Waals surface area contributed by atoms with Crippen LogP contribution in [0.15, 0.2) is 58.6 Å². The third-order valence-electron chi connectivity index (χ3n) is 3.92. The molecule has 1 heterocycles. The monoisotopic (exact) mass is 328 g/mol. The maximum absolute atomic E-state index is 6.16. The van der Waals surface area contributed by atoms with E-state index in [1.165, 1.54) is 16.7 Å². The molecule has 2 heteroatoms. The molecular weight excluding hydrogens is 312 g/mol. The van der Waals surface area contributed by atoms with Crippen molar-refractivity contribution < 1.29 is 4.74 Å². The summed E-state index contributed by atoms with van der Waals surface area (Å²) in [5.74, 6) is 0.947. The van der Waals surface area contributed by atoms with Gasteiger partial charge in [0.2, 0.25) is 0 Å². The first kappa shape index (κ1) is 13.4. The van der Waals surface area contributed by atoms with E-state index in [-0.39, 0.29) is 5.60 Å². The van der Waals surface area contributed by atoms with Crippen molar-refractivity contribution in [3.05, 3.63) is 69.7 Å². The van der Waals surface area contributed by atoms with Crippen molar-refractivity contribution in [2.45, 2.75) is 26.4 Å². The number of hydrogen-bond acceptors (Lipinski definition) is 1. The van der Waals surface area contributed by atoms with Gasteiger partial charge in [0.15, 0.2) is 0 Å². The summed E-state index contributed by atoms with van der Waals surface area (Å²) < 4.78 is 7.23. The summed E-state index contributed by atoms with van der Waals surface area (Å²) in [6.07, 6.45) is 0. The highest BCUT2D eigenvalue weighted by molar-refractivity contribution is 9.10. The zero-order valence-corrected chi connectivity index (χ0v) is 13.5. The molecule has 1 aliphatic rings. The minimum Gasteiger partial charge on any atom is -0.483 e. The average Bonchev–Trinajstić information content (AvgIpc) is 2.42. The molecule has 0 N–H and O–H groups in total. The zero-order chi connectivity index (χ0) is 14.3. The van der Waals surface area contributed by atoms with Gasteiger partial charge in [-0.25, -0.2) is 0 Å². The van der Waals surface area contributed by atoms with E-state index >= 15 is 0 Å². The van der Waals surface area contributed by atoms with Crippen molar-refractivity contribution in [2.75, 3.05) is 0 Å². The standard InChI is InChI=1S/C18H17BrO/c1-12-17(13-7-5-4-6-8-13)15-11-14(19)9-10-16(15)20-18(12,2)3/h4-11H,1-3H3. The van der Waals surface area contributed by atoms with Gasteiger partial charge in [-0.3, -0.25) is 0 Å². The van der Waals surface area contributed by atoms with E-state index in [1.54, 1.807) is 0 Å². The highest BCUT2D eigenvalue weighted by Crippen LogP contribution is 2.44. The van der Waals surface area contributed by atoms with Crippen LogP contribution in [0.2, 0.25) is 0 Å². The Labute approximate surface area is 128 Å². The molecule has 0 aromatic heterocycles. The number of halogens is 1. The first-order valence-electron chi connectivity index (χ1n) is 6.75. The molecule has 0 atom stereocenters. The SMILES string of the molecule is CC1=C(c2ccccc2)c2cc(Br)ccc2OC1(C)C. The molecule has 1 aliphatic heterocycles. The number of ether oxygens (including phenoxy) is 1. The summed E-state index contributed by atoms with van der Waals surface area (Å²) in [5.41, 5.74) is 4.64. The Kier molecular flexibility index (Phi) is 3.21. The van der Waals surface area contributed by atoms with Crippen LogP contribution in [0.25, 0.3) is 5.57 Å². The maximum atomic E-state index is 6.16. The normalized spacial score (nSPS) is 16.6. The van der Waals surface area contributed by atoms with Crippen molar-refractivity contribution in [3.8, 4) is 5.75 Å². The van der Waals surface area contributed by atoms with Crippen LogP contribution in [0.1, 0.15) is 31.9 Å². The fourth-order valence-corrected chi connectivity index (χ4v) is 2.98. The molecule has 20 heavy (non-hydrogen) atoms. The van der Waals surface area contributed by atoms with Crippen LogP contribution in [0, 0.1) is 0 Å². The molecule has 0 amide bonds. The quantitative estimate of drug-likeness (QED) is 0.677. The van der Waals surface area contributed by atoms with Gasteiger partial charge in [0, 0.05) is 10.0 Å². The molecule has 0 aliphatic carbocycles. The molecule has 0 radical (unpaired) electrons. The fourth-order valence-electron chi connectivity index (χ4n) is 2.62. The third-order valence-corrected chi connectivity index (χ3v) is 4.41. The topological polar surface area (TPSA) is 9.23 Å². The third kappa shape index (κ3) is 2.18. The second-order valence-electron chi connectivity index (χ2n) is 5.62. The molecule has 0 saturated heterocycles. The van der Waals surface area contributed by atoms with Gasteiger partial charge in [0.1, 0.15) is 11.4 Å². The Balaban J connectivity index is 2.30. The smallest absolute Gasteiger partial charge is 0.128 e. The van der Waals surface area contributed by atoms with Crippen LogP contribution in [0.5, 0.6) is 5.75 Å². The molecule has 0 saturated carbocycles. The number of rotatable bonds is 1. The molecule has 0 fully saturated rings. The first-order valence-corrected chi connectivity index (χ1v) is 7.54. The second-order valence-corrected chi connectivity index (χ2v) is 6.53. The number of fused-ring (bicyclic) bond motifs is 1. The van der Waals surface area contributed by atoms with Crippen molar-refractivity contribution in [3.63, 3.8) is 0 Å². The molecule has 0 bridgehead atoms. The molecule has 0 spiro atoms. The molecule has 3 rings (SSSR count). The van der Waals surface area contributed by atoms with Gasteiger partial charge in [-0.15, -0.1) is 0 Å². The predicted molar refractivity (Wildman–Crippen MR) is 87.0 cm³/mol. The molecular formula is C18H17BrO. The predicted octanol–water partition coefficient (Wildman–Crippen LogP) is 5.44. The van der Waals surface area contributed by atoms with Crippen LogP contribution < -0.4 is 4.74 Å². The Bertz CT molecular complexity index is 684. The average molecular weight is 329 g/mol. The van der Waals surface area contributed by atoms with E-state index in [4.69, 9.17) is 4.74 Å².